The number of aryl methyl sites for hydroxylation is 1. The summed E-state index contributed by atoms with van der Waals surface area (Å²) in [5.41, 5.74) is 3.48. The molecule has 0 radical (unpaired) electrons. The average Bonchev–Trinajstić information content (AvgIpc) is 3.51. The van der Waals surface area contributed by atoms with Crippen molar-refractivity contribution in [3.8, 4) is 5.75 Å². The molecule has 0 saturated carbocycles. The maximum absolute atomic E-state index is 12.4. The molecule has 1 aliphatic heterocycles. The van der Waals surface area contributed by atoms with E-state index in [4.69, 9.17) is 4.84 Å². The van der Waals surface area contributed by atoms with Gasteiger partial charge >= 0.3 is 0 Å². The van der Waals surface area contributed by atoms with Gasteiger partial charge in [-0.3, -0.25) is 24.2 Å². The summed E-state index contributed by atoms with van der Waals surface area (Å²) in [5.74, 6) is 1.62. The van der Waals surface area contributed by atoms with Gasteiger partial charge in [0.05, 0.1) is 12.1 Å². The van der Waals surface area contributed by atoms with E-state index in [0.717, 1.165) is 127 Å². The molecule has 1 fully saturated rings. The largest absolute Gasteiger partial charge is 0.508 e. The second-order valence-corrected chi connectivity index (χ2v) is 14.5. The number of aldehydes is 1. The maximum atomic E-state index is 12.4. The number of nitrogens with one attached hydrogen (secondary N) is 3. The maximum Gasteiger partial charge on any atom is 0.226 e. The van der Waals surface area contributed by atoms with Gasteiger partial charge in [-0.25, -0.2) is 0 Å². The van der Waals surface area contributed by atoms with Crippen molar-refractivity contribution in [3.05, 3.63) is 23.3 Å². The van der Waals surface area contributed by atoms with Crippen LogP contribution in [0.1, 0.15) is 123 Å². The summed E-state index contributed by atoms with van der Waals surface area (Å²) in [6.07, 6.45) is 10.8. The third-order valence-corrected chi connectivity index (χ3v) is 10.1. The number of nitrogens with zero attached hydrogens (tertiary/aromatic N) is 3. The van der Waals surface area contributed by atoms with Crippen molar-refractivity contribution >= 4 is 40.8 Å². The highest BCUT2D eigenvalue weighted by Gasteiger charge is 2.23. The number of carbonyl (C=O) groups excluding carboxylic acids is 3. The van der Waals surface area contributed by atoms with Gasteiger partial charge in [0.2, 0.25) is 16.8 Å². The van der Waals surface area contributed by atoms with Gasteiger partial charge in [-0.1, -0.05) is 53.9 Å². The minimum absolute atomic E-state index is 0.0924. The molecule has 0 spiro atoms. The number of aromatic hydroxyl groups is 1. The minimum Gasteiger partial charge on any atom is -0.508 e. The molecular weight excluding hydrogens is 689 g/mol. The van der Waals surface area contributed by atoms with Crippen molar-refractivity contribution in [3.63, 3.8) is 0 Å². The molecule has 1 aliphatic rings. The monoisotopic (exact) mass is 764 g/mol. The number of aromatic nitrogens is 1. The molecule has 3 rings (SSSR count). The smallest absolute Gasteiger partial charge is 0.226 e. The van der Waals surface area contributed by atoms with Gasteiger partial charge < -0.3 is 25.5 Å². The number of fused-ring (bicyclic) bond motifs is 1. The Morgan fingerprint density at radius 2 is 1.53 bits per heavy atom. The van der Waals surface area contributed by atoms with Gasteiger partial charge in [0.15, 0.2) is 0 Å². The number of unbranched alkanes of at least 4 members (excludes halogenated alkanes) is 5. The van der Waals surface area contributed by atoms with Gasteiger partial charge in [0.25, 0.3) is 0 Å². The first-order valence-corrected chi connectivity index (χ1v) is 21.7. The van der Waals surface area contributed by atoms with E-state index in [1.165, 1.54) is 27.7 Å². The van der Waals surface area contributed by atoms with Gasteiger partial charge in [-0.15, -0.1) is 0 Å². The number of benzene rings is 1. The van der Waals surface area contributed by atoms with Crippen LogP contribution in [0.4, 0.5) is 0 Å². The second kappa shape index (κ2) is 30.7. The first-order valence-electron chi connectivity index (χ1n) is 20.6. The van der Waals surface area contributed by atoms with Crippen LogP contribution in [0.25, 0.3) is 10.9 Å². The Hall–Kier alpha value is -2.64. The van der Waals surface area contributed by atoms with Crippen molar-refractivity contribution in [2.24, 2.45) is 0 Å². The van der Waals surface area contributed by atoms with Crippen LogP contribution in [0.15, 0.2) is 17.2 Å². The van der Waals surface area contributed by atoms with E-state index in [1.54, 1.807) is 5.06 Å². The fourth-order valence-electron chi connectivity index (χ4n) is 6.30. The van der Waals surface area contributed by atoms with Crippen LogP contribution in [0.3, 0.4) is 0 Å². The van der Waals surface area contributed by atoms with Crippen LogP contribution in [0.5, 0.6) is 5.75 Å². The number of aromatic amines is 1. The first-order chi connectivity index (χ1) is 25.9. The molecule has 1 aromatic heterocycles. The van der Waals surface area contributed by atoms with Crippen molar-refractivity contribution in [2.45, 2.75) is 130 Å². The van der Waals surface area contributed by atoms with Crippen LogP contribution in [0.2, 0.25) is 0 Å². The molecule has 2 heterocycles. The van der Waals surface area contributed by atoms with E-state index >= 15 is 0 Å². The Labute approximate surface area is 325 Å². The molecule has 0 aliphatic carbocycles. The SMILES string of the molecule is CC.CC.CCCc1c([SH+]CC)[nH]c2c(CN3CCN(CCNC(=O)CCCCCNC(=O)CCCCCN(C)OCCCC=O)CC3)c(O)ccc12. The molecule has 0 unspecified atom stereocenters. The zero-order valence-electron chi connectivity index (χ0n) is 34.4. The zero-order valence-corrected chi connectivity index (χ0v) is 35.3. The molecule has 304 valence electrons. The number of hydrogen-bond donors (Lipinski definition) is 4. The van der Waals surface area contributed by atoms with E-state index in [0.29, 0.717) is 44.7 Å². The molecule has 12 heteroatoms. The summed E-state index contributed by atoms with van der Waals surface area (Å²) in [6, 6.07) is 3.93. The van der Waals surface area contributed by atoms with Gasteiger partial charge in [-0.05, 0) is 57.6 Å². The Balaban J connectivity index is 0.00000339. The number of carbonyl (C=O) groups is 3. The highest BCUT2D eigenvalue weighted by Crippen LogP contribution is 2.33. The summed E-state index contributed by atoms with van der Waals surface area (Å²) >= 11 is 1.30. The average molecular weight is 764 g/mol. The lowest BCUT2D eigenvalue weighted by molar-refractivity contribution is -0.142. The van der Waals surface area contributed by atoms with Crippen LogP contribution >= 0.6 is 0 Å². The Morgan fingerprint density at radius 3 is 2.17 bits per heavy atom. The van der Waals surface area contributed by atoms with Crippen molar-refractivity contribution in [1.29, 1.82) is 0 Å². The quantitative estimate of drug-likeness (QED) is 0.0286. The number of H-pyrrole nitrogens is 1. The lowest BCUT2D eigenvalue weighted by atomic mass is 10.0. The van der Waals surface area contributed by atoms with E-state index < -0.39 is 0 Å². The summed E-state index contributed by atoms with van der Waals surface area (Å²) in [6.45, 7) is 20.4. The van der Waals surface area contributed by atoms with E-state index in [2.05, 4.69) is 45.3 Å². The molecule has 0 bridgehead atoms. The number of amides is 2. The highest BCUT2D eigenvalue weighted by molar-refractivity contribution is 7.78. The summed E-state index contributed by atoms with van der Waals surface area (Å²) in [5, 5.41) is 21.2. The van der Waals surface area contributed by atoms with Crippen LogP contribution in [-0.4, -0.2) is 115 Å². The summed E-state index contributed by atoms with van der Waals surface area (Å²) in [4.78, 5) is 48.8. The normalized spacial score (nSPS) is 13.3. The van der Waals surface area contributed by atoms with E-state index in [9.17, 15) is 19.5 Å². The predicted molar refractivity (Wildman–Crippen MR) is 223 cm³/mol. The van der Waals surface area contributed by atoms with E-state index in [1.807, 2.05) is 40.8 Å². The van der Waals surface area contributed by atoms with Crippen molar-refractivity contribution in [2.75, 3.05) is 71.8 Å². The molecule has 1 aromatic carbocycles. The van der Waals surface area contributed by atoms with Crippen LogP contribution in [0, 0.1) is 0 Å². The third kappa shape index (κ3) is 19.5. The number of hydroxylamine groups is 2. The number of thiol groups is 1. The predicted octanol–water partition coefficient (Wildman–Crippen LogP) is 6.39. The molecule has 2 aromatic rings. The zero-order chi connectivity index (χ0) is 39.3. The van der Waals surface area contributed by atoms with Crippen molar-refractivity contribution in [1.82, 2.24) is 30.5 Å². The summed E-state index contributed by atoms with van der Waals surface area (Å²) in [7, 11) is 1.89. The minimum atomic E-state index is 0.0924. The molecule has 11 nitrogen and oxygen atoms in total. The molecule has 0 atom stereocenters. The lowest BCUT2D eigenvalue weighted by Crippen LogP contribution is -2.48. The van der Waals surface area contributed by atoms with Gasteiger partial charge in [0.1, 0.15) is 17.8 Å². The third-order valence-electron chi connectivity index (χ3n) is 9.11. The van der Waals surface area contributed by atoms with Gasteiger partial charge in [-0.2, -0.15) is 5.06 Å². The number of phenolic OH excluding ortho intramolecular Hbond substituents is 1. The van der Waals surface area contributed by atoms with E-state index in [-0.39, 0.29) is 11.8 Å². The lowest BCUT2D eigenvalue weighted by Gasteiger charge is -2.34. The molecule has 2 amide bonds. The molecular formula is C41H75N6O5S+. The summed E-state index contributed by atoms with van der Waals surface area (Å²) < 4.78 is 0. The topological polar surface area (TPSA) is 130 Å². The Kier molecular flexibility index (Phi) is 28.0. The second-order valence-electron chi connectivity index (χ2n) is 13.1. The van der Waals surface area contributed by atoms with Crippen LogP contribution in [-0.2, 0) is 43.9 Å². The number of hydrogen-bond acceptors (Lipinski definition) is 8. The van der Waals surface area contributed by atoms with Crippen LogP contribution < -0.4 is 10.6 Å². The first kappa shape index (κ1) is 48.4. The van der Waals surface area contributed by atoms with Crippen molar-refractivity contribution < 1.29 is 24.3 Å². The molecule has 4 N–H and O–H groups in total. The molecule has 53 heavy (non-hydrogen) atoms. The molecule has 1 saturated heterocycles. The standard InChI is InChI=1S/C37H62N6O5S.2C2H6/c1-4-14-31-30-17-18-33(45)32(36(30)40-37(31)49-5-2)29-43-25-23-42(24-26-43)22-20-39-35(47)15-8-6-10-19-38-34(46)16-9-7-11-21-41(3)48-28-13-12-27-44;2*1-2/h17-18,27,40,45H,4-16,19-26,28-29H2,1-3H3,(H,38,46)(H,39,47);2*1-2H3/p+1. The number of phenols is 1. The fourth-order valence-corrected chi connectivity index (χ4v) is 7.23. The Bertz CT molecular complexity index is 1270. The van der Waals surface area contributed by atoms with Gasteiger partial charge in [0, 0.05) is 113 Å². The fraction of sp³-hybridized carbons (Fsp3) is 0.732. The highest BCUT2D eigenvalue weighted by atomic mass is 32.2. The Morgan fingerprint density at radius 1 is 0.887 bits per heavy atom. The number of piperazine rings is 1. The number of rotatable bonds is 26.